The van der Waals surface area contributed by atoms with Crippen molar-refractivity contribution in [1.29, 1.82) is 0 Å². The monoisotopic (exact) mass is 320 g/mol. The highest BCUT2D eigenvalue weighted by Crippen LogP contribution is 2.21. The van der Waals surface area contributed by atoms with Crippen molar-refractivity contribution >= 4 is 0 Å². The standard InChI is InChI=1S/C15H24N6O2/c1-3-5-6-14-17-13(19-23-14)10-20-7-8-22-12(9-20)15-18-16-11-21(15)4-2/h11-12H,3-10H2,1-2H3/t12-/m1/s1. The fraction of sp³-hybridized carbons (Fsp3) is 0.733. The lowest BCUT2D eigenvalue weighted by Gasteiger charge is -2.31. The maximum atomic E-state index is 5.86. The lowest BCUT2D eigenvalue weighted by atomic mass is 10.2. The van der Waals surface area contributed by atoms with E-state index >= 15 is 0 Å². The van der Waals surface area contributed by atoms with Crippen LogP contribution in [0.2, 0.25) is 0 Å². The fourth-order valence-electron chi connectivity index (χ4n) is 2.74. The van der Waals surface area contributed by atoms with Gasteiger partial charge >= 0.3 is 0 Å². The van der Waals surface area contributed by atoms with Crippen molar-refractivity contribution in [2.75, 3.05) is 19.7 Å². The molecule has 1 fully saturated rings. The first-order valence-corrected chi connectivity index (χ1v) is 8.33. The molecule has 0 N–H and O–H groups in total. The van der Waals surface area contributed by atoms with E-state index in [1.807, 2.05) is 4.57 Å². The van der Waals surface area contributed by atoms with Gasteiger partial charge in [-0.25, -0.2) is 0 Å². The lowest BCUT2D eigenvalue weighted by Crippen LogP contribution is -2.39. The van der Waals surface area contributed by atoms with Gasteiger partial charge in [-0.1, -0.05) is 18.5 Å². The second kappa shape index (κ2) is 7.65. The Bertz CT molecular complexity index is 611. The first kappa shape index (κ1) is 16.1. The molecular formula is C15H24N6O2. The summed E-state index contributed by atoms with van der Waals surface area (Å²) in [6.45, 7) is 8.03. The van der Waals surface area contributed by atoms with Crippen molar-refractivity contribution < 1.29 is 9.26 Å². The van der Waals surface area contributed by atoms with Crippen LogP contribution in [0.1, 0.15) is 50.3 Å². The summed E-state index contributed by atoms with van der Waals surface area (Å²) in [6.07, 6.45) is 4.75. The molecular weight excluding hydrogens is 296 g/mol. The highest BCUT2D eigenvalue weighted by atomic mass is 16.5. The third-order valence-electron chi connectivity index (χ3n) is 4.04. The molecule has 0 bridgehead atoms. The van der Waals surface area contributed by atoms with Crippen molar-refractivity contribution in [2.45, 2.75) is 52.3 Å². The van der Waals surface area contributed by atoms with E-state index in [2.05, 4.69) is 39.1 Å². The van der Waals surface area contributed by atoms with E-state index in [1.165, 1.54) is 0 Å². The van der Waals surface area contributed by atoms with E-state index in [1.54, 1.807) is 6.33 Å². The normalized spacial score (nSPS) is 19.3. The molecule has 2 aromatic rings. The summed E-state index contributed by atoms with van der Waals surface area (Å²) in [5.41, 5.74) is 0. The topological polar surface area (TPSA) is 82.1 Å². The summed E-state index contributed by atoms with van der Waals surface area (Å²) in [5, 5.41) is 12.3. The van der Waals surface area contributed by atoms with Crippen LogP contribution in [0, 0.1) is 0 Å². The average molecular weight is 320 g/mol. The Labute approximate surface area is 135 Å². The Kier molecular flexibility index (Phi) is 5.35. The largest absolute Gasteiger partial charge is 0.368 e. The number of unbranched alkanes of at least 4 members (excludes halogenated alkanes) is 1. The van der Waals surface area contributed by atoms with E-state index in [0.29, 0.717) is 13.2 Å². The van der Waals surface area contributed by atoms with Gasteiger partial charge in [-0.05, 0) is 13.3 Å². The molecule has 8 heteroatoms. The molecule has 8 nitrogen and oxygen atoms in total. The summed E-state index contributed by atoms with van der Waals surface area (Å²) in [5.74, 6) is 2.36. The number of hydrogen-bond donors (Lipinski definition) is 0. The van der Waals surface area contributed by atoms with Crippen molar-refractivity contribution in [3.8, 4) is 0 Å². The molecule has 1 aliphatic heterocycles. The summed E-state index contributed by atoms with van der Waals surface area (Å²) in [4.78, 5) is 6.75. The first-order chi connectivity index (χ1) is 11.3. The summed E-state index contributed by atoms with van der Waals surface area (Å²) >= 11 is 0. The molecule has 0 unspecified atom stereocenters. The number of nitrogens with zero attached hydrogens (tertiary/aromatic N) is 6. The molecule has 1 atom stereocenters. The second-order valence-electron chi connectivity index (χ2n) is 5.78. The zero-order chi connectivity index (χ0) is 16.1. The molecule has 0 amide bonds. The summed E-state index contributed by atoms with van der Waals surface area (Å²) < 4.78 is 13.2. The minimum Gasteiger partial charge on any atom is -0.368 e. The van der Waals surface area contributed by atoms with Crippen molar-refractivity contribution in [3.05, 3.63) is 23.9 Å². The Morgan fingerprint density at radius 1 is 1.35 bits per heavy atom. The number of ether oxygens (including phenoxy) is 1. The summed E-state index contributed by atoms with van der Waals surface area (Å²) in [6, 6.07) is 0. The number of morpholine rings is 1. The SMILES string of the molecule is CCCCc1nc(CN2CCO[C@@H](c3nncn3CC)C2)no1. The van der Waals surface area contributed by atoms with Gasteiger partial charge in [0.2, 0.25) is 5.89 Å². The smallest absolute Gasteiger partial charge is 0.226 e. The van der Waals surface area contributed by atoms with Gasteiger partial charge in [-0.3, -0.25) is 4.90 Å². The van der Waals surface area contributed by atoms with Crippen molar-refractivity contribution in [1.82, 2.24) is 29.8 Å². The molecule has 3 rings (SSSR count). The molecule has 0 spiro atoms. The molecule has 126 valence electrons. The average Bonchev–Trinajstić information content (AvgIpc) is 3.22. The third kappa shape index (κ3) is 3.94. The Morgan fingerprint density at radius 3 is 3.09 bits per heavy atom. The minimum atomic E-state index is -0.0577. The first-order valence-electron chi connectivity index (χ1n) is 8.33. The molecule has 2 aromatic heterocycles. The van der Waals surface area contributed by atoms with Crippen LogP contribution in [0.3, 0.4) is 0 Å². The highest BCUT2D eigenvalue weighted by molar-refractivity contribution is 4.96. The van der Waals surface area contributed by atoms with Crippen LogP contribution >= 0.6 is 0 Å². The van der Waals surface area contributed by atoms with E-state index in [4.69, 9.17) is 9.26 Å². The van der Waals surface area contributed by atoms with Crippen molar-refractivity contribution in [3.63, 3.8) is 0 Å². The maximum absolute atomic E-state index is 5.86. The zero-order valence-electron chi connectivity index (χ0n) is 13.8. The van der Waals surface area contributed by atoms with Crippen LogP contribution in [-0.2, 0) is 24.2 Å². The molecule has 0 aliphatic carbocycles. The molecule has 0 radical (unpaired) electrons. The fourth-order valence-corrected chi connectivity index (χ4v) is 2.74. The van der Waals surface area contributed by atoms with Crippen LogP contribution in [0.25, 0.3) is 0 Å². The maximum Gasteiger partial charge on any atom is 0.226 e. The van der Waals surface area contributed by atoms with Gasteiger partial charge in [0, 0.05) is 26.1 Å². The predicted octanol–water partition coefficient (Wildman–Crippen LogP) is 1.60. The number of aromatic nitrogens is 5. The molecule has 1 aliphatic rings. The molecule has 3 heterocycles. The predicted molar refractivity (Wildman–Crippen MR) is 82.6 cm³/mol. The van der Waals surface area contributed by atoms with Gasteiger partial charge in [-0.15, -0.1) is 10.2 Å². The Morgan fingerprint density at radius 2 is 2.26 bits per heavy atom. The quantitative estimate of drug-likeness (QED) is 0.766. The van der Waals surface area contributed by atoms with Gasteiger partial charge in [-0.2, -0.15) is 4.98 Å². The van der Waals surface area contributed by atoms with Crippen LogP contribution in [-0.4, -0.2) is 49.5 Å². The molecule has 23 heavy (non-hydrogen) atoms. The Hall–Kier alpha value is -1.80. The Balaban J connectivity index is 1.59. The number of rotatable bonds is 7. The van der Waals surface area contributed by atoms with Crippen LogP contribution in [0.15, 0.2) is 10.9 Å². The van der Waals surface area contributed by atoms with Gasteiger partial charge in [0.05, 0.1) is 13.2 Å². The second-order valence-corrected chi connectivity index (χ2v) is 5.78. The lowest BCUT2D eigenvalue weighted by molar-refractivity contribution is -0.0397. The number of hydrogen-bond acceptors (Lipinski definition) is 7. The van der Waals surface area contributed by atoms with Crippen LogP contribution in [0.4, 0.5) is 0 Å². The number of aryl methyl sites for hydroxylation is 2. The summed E-state index contributed by atoms with van der Waals surface area (Å²) in [7, 11) is 0. The van der Waals surface area contributed by atoms with E-state index in [-0.39, 0.29) is 6.10 Å². The van der Waals surface area contributed by atoms with Crippen LogP contribution < -0.4 is 0 Å². The van der Waals surface area contributed by atoms with Crippen molar-refractivity contribution in [2.24, 2.45) is 0 Å². The molecule has 0 saturated carbocycles. The van der Waals surface area contributed by atoms with E-state index in [9.17, 15) is 0 Å². The third-order valence-corrected chi connectivity index (χ3v) is 4.04. The minimum absolute atomic E-state index is 0.0577. The van der Waals surface area contributed by atoms with Gasteiger partial charge in [0.25, 0.3) is 0 Å². The van der Waals surface area contributed by atoms with E-state index < -0.39 is 0 Å². The molecule has 0 aromatic carbocycles. The van der Waals surface area contributed by atoms with Gasteiger partial charge in [0.15, 0.2) is 11.6 Å². The molecule has 1 saturated heterocycles. The highest BCUT2D eigenvalue weighted by Gasteiger charge is 2.26. The van der Waals surface area contributed by atoms with Crippen LogP contribution in [0.5, 0.6) is 0 Å². The van der Waals surface area contributed by atoms with Gasteiger partial charge in [0.1, 0.15) is 12.4 Å². The van der Waals surface area contributed by atoms with E-state index in [0.717, 1.165) is 56.4 Å². The zero-order valence-corrected chi connectivity index (χ0v) is 13.8. The van der Waals surface area contributed by atoms with Gasteiger partial charge < -0.3 is 13.8 Å².